The van der Waals surface area contributed by atoms with E-state index in [1.807, 2.05) is 0 Å². The van der Waals surface area contributed by atoms with Crippen molar-refractivity contribution in [1.29, 1.82) is 0 Å². The van der Waals surface area contributed by atoms with Crippen LogP contribution in [0.4, 0.5) is 17.6 Å². The highest BCUT2D eigenvalue weighted by molar-refractivity contribution is 7.09. The van der Waals surface area contributed by atoms with E-state index in [9.17, 15) is 22.4 Å². The molecule has 0 spiro atoms. The molecule has 3 heterocycles. The molecule has 0 saturated heterocycles. The summed E-state index contributed by atoms with van der Waals surface area (Å²) in [6.45, 7) is 3.74. The lowest BCUT2D eigenvalue weighted by atomic mass is 10.1. The van der Waals surface area contributed by atoms with Crippen LogP contribution in [0.3, 0.4) is 0 Å². The number of nitrogens with zero attached hydrogens (tertiary/aromatic N) is 6. The number of fused-ring (bicyclic) bond motifs is 1. The Hall–Kier alpha value is -2.89. The first-order valence-corrected chi connectivity index (χ1v) is 8.94. The third-order valence-corrected chi connectivity index (χ3v) is 5.30. The zero-order valence-corrected chi connectivity index (χ0v) is 15.4. The first kappa shape index (κ1) is 18.5. The first-order valence-electron chi connectivity index (χ1n) is 8.17. The quantitative estimate of drug-likeness (QED) is 0.368. The van der Waals surface area contributed by atoms with Crippen LogP contribution in [0.1, 0.15) is 35.0 Å². The van der Waals surface area contributed by atoms with Crippen molar-refractivity contribution in [2.24, 2.45) is 0 Å². The zero-order valence-electron chi connectivity index (χ0n) is 14.6. The largest absolute Gasteiger partial charge is 0.327 e. The molecule has 4 rings (SSSR count). The van der Waals surface area contributed by atoms with E-state index in [4.69, 9.17) is 0 Å². The summed E-state index contributed by atoms with van der Waals surface area (Å²) in [6.07, 6.45) is 0. The summed E-state index contributed by atoms with van der Waals surface area (Å²) in [7, 11) is 0. The molecule has 0 bridgehead atoms. The average molecular weight is 412 g/mol. The molecule has 0 saturated carbocycles. The number of amides is 1. The molecule has 2 aromatic heterocycles. The maximum atomic E-state index is 14.0. The van der Waals surface area contributed by atoms with Crippen LogP contribution >= 0.6 is 11.5 Å². The van der Waals surface area contributed by atoms with Crippen LogP contribution < -0.4 is 0 Å². The Morgan fingerprint density at radius 1 is 1.14 bits per heavy atom. The van der Waals surface area contributed by atoms with Crippen LogP contribution in [0.2, 0.25) is 0 Å². The topological polar surface area (TPSA) is 76.8 Å². The molecule has 1 aliphatic heterocycles. The van der Waals surface area contributed by atoms with Gasteiger partial charge >= 0.3 is 0 Å². The van der Waals surface area contributed by atoms with Gasteiger partial charge in [0.25, 0.3) is 5.91 Å². The van der Waals surface area contributed by atoms with Crippen molar-refractivity contribution >= 4 is 17.4 Å². The van der Waals surface area contributed by atoms with Gasteiger partial charge in [0.15, 0.2) is 39.9 Å². The van der Waals surface area contributed by atoms with Crippen molar-refractivity contribution in [3.63, 3.8) is 0 Å². The lowest BCUT2D eigenvalue weighted by Crippen LogP contribution is -2.41. The molecule has 0 radical (unpaired) electrons. The van der Waals surface area contributed by atoms with Gasteiger partial charge in [0.1, 0.15) is 5.82 Å². The summed E-state index contributed by atoms with van der Waals surface area (Å²) >= 11 is 1.16. The second-order valence-electron chi connectivity index (χ2n) is 6.20. The fraction of sp³-hybridized carbons (Fsp3) is 0.312. The van der Waals surface area contributed by atoms with Crippen LogP contribution in [0, 0.1) is 30.2 Å². The predicted molar refractivity (Wildman–Crippen MR) is 89.4 cm³/mol. The summed E-state index contributed by atoms with van der Waals surface area (Å²) in [4.78, 5) is 18.2. The van der Waals surface area contributed by atoms with Gasteiger partial charge in [-0.1, -0.05) is 0 Å². The van der Waals surface area contributed by atoms with E-state index >= 15 is 0 Å². The summed E-state index contributed by atoms with van der Waals surface area (Å²) < 4.78 is 60.0. The molecule has 1 atom stereocenters. The van der Waals surface area contributed by atoms with Gasteiger partial charge in [0.2, 0.25) is 0 Å². The Bertz CT molecular complexity index is 1100. The van der Waals surface area contributed by atoms with Crippen LogP contribution in [-0.4, -0.2) is 41.5 Å². The number of halogens is 4. The molecule has 0 fully saturated rings. The highest BCUT2D eigenvalue weighted by atomic mass is 32.1. The Morgan fingerprint density at radius 2 is 1.89 bits per heavy atom. The van der Waals surface area contributed by atoms with Gasteiger partial charge in [-0.3, -0.25) is 4.79 Å². The highest BCUT2D eigenvalue weighted by Crippen LogP contribution is 2.31. The van der Waals surface area contributed by atoms with Gasteiger partial charge in [-0.05, 0) is 31.4 Å². The van der Waals surface area contributed by atoms with Gasteiger partial charge in [0, 0.05) is 13.1 Å². The van der Waals surface area contributed by atoms with Gasteiger partial charge in [-0.25, -0.2) is 22.5 Å². The minimum absolute atomic E-state index is 0.107. The van der Waals surface area contributed by atoms with E-state index in [1.54, 1.807) is 18.4 Å². The Labute approximate surface area is 159 Å². The minimum atomic E-state index is -2.02. The van der Waals surface area contributed by atoms with Crippen LogP contribution in [0.5, 0.6) is 0 Å². The smallest absolute Gasteiger partial charge is 0.257 e. The van der Waals surface area contributed by atoms with Crippen molar-refractivity contribution < 1.29 is 22.4 Å². The number of aryl methyl sites for hydroxylation is 1. The SMILES string of the molecule is Cc1nsc(-c2nnc3n2CCN(C(=O)c2cc(F)c(F)c(F)c2F)C3C)n1. The maximum Gasteiger partial charge on any atom is 0.257 e. The second kappa shape index (κ2) is 6.62. The molecule has 3 aromatic rings. The molecular formula is C16H12F4N6OS. The molecular weight excluding hydrogens is 400 g/mol. The second-order valence-corrected chi connectivity index (χ2v) is 6.95. The monoisotopic (exact) mass is 412 g/mol. The molecule has 0 aliphatic carbocycles. The van der Waals surface area contributed by atoms with Crippen LogP contribution in [-0.2, 0) is 6.54 Å². The predicted octanol–water partition coefficient (Wildman–Crippen LogP) is 2.88. The van der Waals surface area contributed by atoms with E-state index in [2.05, 4.69) is 19.6 Å². The zero-order chi connectivity index (χ0) is 20.2. The summed E-state index contributed by atoms with van der Waals surface area (Å²) in [6, 6.07) is -0.301. The van der Waals surface area contributed by atoms with Crippen molar-refractivity contribution in [1.82, 2.24) is 29.0 Å². The number of rotatable bonds is 2. The molecule has 1 aliphatic rings. The third kappa shape index (κ3) is 2.75. The number of benzene rings is 1. The van der Waals surface area contributed by atoms with Crippen molar-refractivity contribution in [3.8, 4) is 10.8 Å². The minimum Gasteiger partial charge on any atom is -0.327 e. The lowest BCUT2D eigenvalue weighted by Gasteiger charge is -2.33. The lowest BCUT2D eigenvalue weighted by molar-refractivity contribution is 0.0631. The molecule has 1 aromatic carbocycles. The van der Waals surface area contributed by atoms with Crippen molar-refractivity contribution in [2.45, 2.75) is 26.4 Å². The number of carbonyl (C=O) groups is 1. The summed E-state index contributed by atoms with van der Waals surface area (Å²) in [5.41, 5.74) is -0.879. The summed E-state index contributed by atoms with van der Waals surface area (Å²) in [5, 5.41) is 8.74. The van der Waals surface area contributed by atoms with Gasteiger partial charge in [-0.2, -0.15) is 4.37 Å². The fourth-order valence-corrected chi connectivity index (χ4v) is 3.76. The van der Waals surface area contributed by atoms with Crippen molar-refractivity contribution in [2.75, 3.05) is 6.54 Å². The molecule has 1 amide bonds. The van der Waals surface area contributed by atoms with E-state index in [0.29, 0.717) is 28.5 Å². The Kier molecular flexibility index (Phi) is 4.37. The average Bonchev–Trinajstić information content (AvgIpc) is 3.29. The van der Waals surface area contributed by atoms with Gasteiger partial charge in [0.05, 0.1) is 11.6 Å². The molecule has 12 heteroatoms. The van der Waals surface area contributed by atoms with Crippen molar-refractivity contribution in [3.05, 3.63) is 46.5 Å². The Morgan fingerprint density at radius 3 is 2.57 bits per heavy atom. The molecule has 28 heavy (non-hydrogen) atoms. The molecule has 146 valence electrons. The molecule has 7 nitrogen and oxygen atoms in total. The number of carbonyl (C=O) groups excluding carboxylic acids is 1. The third-order valence-electron chi connectivity index (χ3n) is 4.50. The van der Waals surface area contributed by atoms with E-state index in [0.717, 1.165) is 11.5 Å². The van der Waals surface area contributed by atoms with E-state index in [-0.39, 0.29) is 13.1 Å². The fourth-order valence-electron chi connectivity index (χ4n) is 3.09. The van der Waals surface area contributed by atoms with E-state index in [1.165, 1.54) is 4.90 Å². The maximum absolute atomic E-state index is 14.0. The highest BCUT2D eigenvalue weighted by Gasteiger charge is 2.35. The number of hydrogen-bond donors (Lipinski definition) is 0. The van der Waals surface area contributed by atoms with Gasteiger partial charge < -0.3 is 9.47 Å². The number of hydrogen-bond acceptors (Lipinski definition) is 6. The molecule has 1 unspecified atom stereocenters. The first-order chi connectivity index (χ1) is 13.3. The Balaban J connectivity index is 1.68. The number of aromatic nitrogens is 5. The standard InChI is InChI=1S/C16H12F4N6OS/c1-6-13-22-23-14(15-21-7(2)24-28-15)26(13)4-3-25(6)16(27)8-5-9(17)11(19)12(20)10(8)18/h5-6H,3-4H2,1-2H3. The van der Waals surface area contributed by atoms with E-state index < -0.39 is 40.8 Å². The summed E-state index contributed by atoms with van der Waals surface area (Å²) in [5.74, 6) is -6.82. The van der Waals surface area contributed by atoms with Crippen LogP contribution in [0.15, 0.2) is 6.07 Å². The van der Waals surface area contributed by atoms with Gasteiger partial charge in [-0.15, -0.1) is 10.2 Å². The normalized spacial score (nSPS) is 16.4. The molecule has 0 N–H and O–H groups in total. The van der Waals surface area contributed by atoms with Crippen LogP contribution in [0.25, 0.3) is 10.8 Å².